The van der Waals surface area contributed by atoms with Gasteiger partial charge in [-0.15, -0.1) is 0 Å². The number of carbonyl (C=O) groups excluding carboxylic acids is 1. The summed E-state index contributed by atoms with van der Waals surface area (Å²) in [5.41, 5.74) is 1.16. The van der Waals surface area contributed by atoms with Gasteiger partial charge < -0.3 is 14.5 Å². The zero-order valence-electron chi connectivity index (χ0n) is 13.0. The van der Waals surface area contributed by atoms with E-state index in [0.29, 0.717) is 25.5 Å². The van der Waals surface area contributed by atoms with Crippen molar-refractivity contribution >= 4 is 5.91 Å². The summed E-state index contributed by atoms with van der Waals surface area (Å²) in [6.45, 7) is 3.85. The summed E-state index contributed by atoms with van der Waals surface area (Å²) in [6.07, 6.45) is 4.87. The molecule has 0 radical (unpaired) electrons. The number of nitrogens with zero attached hydrogens (tertiary/aromatic N) is 3. The number of hydrogen-bond donors (Lipinski definition) is 0. The maximum absolute atomic E-state index is 12.4. The fraction of sp³-hybridized carbons (Fsp3) is 0.625. The molecule has 2 rings (SSSR count). The van der Waals surface area contributed by atoms with Crippen molar-refractivity contribution < 1.29 is 9.53 Å². The largest absolute Gasteiger partial charge is 0.379 e. The van der Waals surface area contributed by atoms with Crippen LogP contribution in [0.15, 0.2) is 24.5 Å². The summed E-state index contributed by atoms with van der Waals surface area (Å²) >= 11 is 0. The highest BCUT2D eigenvalue weighted by Gasteiger charge is 2.22. The normalized spacial score (nSPS) is 19.6. The van der Waals surface area contributed by atoms with E-state index in [1.807, 2.05) is 17.0 Å². The summed E-state index contributed by atoms with van der Waals surface area (Å²) in [5.74, 6) is 0.619. The van der Waals surface area contributed by atoms with Gasteiger partial charge in [-0.25, -0.2) is 0 Å². The van der Waals surface area contributed by atoms with Crippen LogP contribution in [0.3, 0.4) is 0 Å². The van der Waals surface area contributed by atoms with E-state index in [1.165, 1.54) is 0 Å². The average Bonchev–Trinajstić information content (AvgIpc) is 2.71. The maximum atomic E-state index is 12.4. The quantitative estimate of drug-likeness (QED) is 0.813. The molecule has 116 valence electrons. The van der Waals surface area contributed by atoms with Crippen LogP contribution in [-0.4, -0.2) is 67.6 Å². The Balaban J connectivity index is 1.85. The molecule has 1 aliphatic rings. The highest BCUT2D eigenvalue weighted by molar-refractivity contribution is 5.76. The van der Waals surface area contributed by atoms with E-state index >= 15 is 0 Å². The monoisotopic (exact) mass is 291 g/mol. The third-order valence-electron chi connectivity index (χ3n) is 3.69. The molecule has 5 nitrogen and oxygen atoms in total. The molecule has 1 aromatic rings. The second-order valence-corrected chi connectivity index (χ2v) is 5.90. The first-order valence-electron chi connectivity index (χ1n) is 7.54. The van der Waals surface area contributed by atoms with E-state index in [0.717, 1.165) is 31.7 Å². The number of pyridine rings is 1. The highest BCUT2D eigenvalue weighted by atomic mass is 16.5. The van der Waals surface area contributed by atoms with Crippen molar-refractivity contribution in [1.82, 2.24) is 14.8 Å². The smallest absolute Gasteiger partial charge is 0.222 e. The Labute approximate surface area is 126 Å². The molecule has 1 fully saturated rings. The Morgan fingerprint density at radius 2 is 2.19 bits per heavy atom. The molecule has 21 heavy (non-hydrogen) atoms. The molecule has 5 heteroatoms. The SMILES string of the molecule is CN(C)C[C@H]1COCCN(C(=O)CCc2ccncc2)C1. The predicted octanol–water partition coefficient (Wildman–Crippen LogP) is 1.05. The molecule has 1 aromatic heterocycles. The van der Waals surface area contributed by atoms with Crippen LogP contribution in [-0.2, 0) is 16.0 Å². The maximum Gasteiger partial charge on any atom is 0.222 e. The van der Waals surface area contributed by atoms with Gasteiger partial charge in [0.05, 0.1) is 13.2 Å². The summed E-state index contributed by atoms with van der Waals surface area (Å²) in [6, 6.07) is 3.93. The summed E-state index contributed by atoms with van der Waals surface area (Å²) < 4.78 is 5.62. The van der Waals surface area contributed by atoms with Crippen LogP contribution < -0.4 is 0 Å². The van der Waals surface area contributed by atoms with Crippen molar-refractivity contribution in [1.29, 1.82) is 0 Å². The Kier molecular flexibility index (Phi) is 6.14. The molecule has 1 atom stereocenters. The van der Waals surface area contributed by atoms with E-state index in [-0.39, 0.29) is 5.91 Å². The first kappa shape index (κ1) is 15.9. The van der Waals surface area contributed by atoms with Crippen LogP contribution in [0.4, 0.5) is 0 Å². The molecule has 1 amide bonds. The molecule has 0 spiro atoms. The molecule has 0 saturated carbocycles. The molecule has 0 aliphatic carbocycles. The van der Waals surface area contributed by atoms with Gasteiger partial charge >= 0.3 is 0 Å². The number of hydrogen-bond acceptors (Lipinski definition) is 4. The number of aromatic nitrogens is 1. The average molecular weight is 291 g/mol. The molecule has 1 aliphatic heterocycles. The van der Waals surface area contributed by atoms with Gasteiger partial charge in [0.2, 0.25) is 5.91 Å². The Morgan fingerprint density at radius 1 is 1.43 bits per heavy atom. The topological polar surface area (TPSA) is 45.7 Å². The predicted molar refractivity (Wildman–Crippen MR) is 82.0 cm³/mol. The number of amides is 1. The summed E-state index contributed by atoms with van der Waals surface area (Å²) in [5, 5.41) is 0. The molecule has 0 aromatic carbocycles. The lowest BCUT2D eigenvalue weighted by Gasteiger charge is -2.25. The zero-order chi connectivity index (χ0) is 15.1. The minimum Gasteiger partial charge on any atom is -0.379 e. The zero-order valence-corrected chi connectivity index (χ0v) is 13.0. The molecular weight excluding hydrogens is 266 g/mol. The van der Waals surface area contributed by atoms with Gasteiger partial charge in [-0.3, -0.25) is 9.78 Å². The summed E-state index contributed by atoms with van der Waals surface area (Å²) in [7, 11) is 4.11. The van der Waals surface area contributed by atoms with Gasteiger partial charge in [0, 0.05) is 44.4 Å². The minimum absolute atomic E-state index is 0.223. The van der Waals surface area contributed by atoms with Crippen LogP contribution in [0.25, 0.3) is 0 Å². The Morgan fingerprint density at radius 3 is 2.90 bits per heavy atom. The van der Waals surface area contributed by atoms with Crippen LogP contribution >= 0.6 is 0 Å². The third-order valence-corrected chi connectivity index (χ3v) is 3.69. The Bertz CT molecular complexity index is 436. The van der Waals surface area contributed by atoms with Crippen molar-refractivity contribution in [3.63, 3.8) is 0 Å². The summed E-state index contributed by atoms with van der Waals surface area (Å²) in [4.78, 5) is 20.5. The lowest BCUT2D eigenvalue weighted by Crippen LogP contribution is -2.38. The highest BCUT2D eigenvalue weighted by Crippen LogP contribution is 2.11. The van der Waals surface area contributed by atoms with Crippen LogP contribution in [0.1, 0.15) is 12.0 Å². The van der Waals surface area contributed by atoms with E-state index in [2.05, 4.69) is 24.0 Å². The molecule has 2 heterocycles. The number of aryl methyl sites for hydroxylation is 1. The van der Waals surface area contributed by atoms with Crippen molar-refractivity contribution in [3.8, 4) is 0 Å². The first-order chi connectivity index (χ1) is 10.1. The number of rotatable bonds is 5. The lowest BCUT2D eigenvalue weighted by atomic mass is 10.1. The fourth-order valence-corrected chi connectivity index (χ4v) is 2.69. The second kappa shape index (κ2) is 8.10. The van der Waals surface area contributed by atoms with Crippen LogP contribution in [0.2, 0.25) is 0 Å². The minimum atomic E-state index is 0.223. The van der Waals surface area contributed by atoms with Crippen molar-refractivity contribution in [2.45, 2.75) is 12.8 Å². The lowest BCUT2D eigenvalue weighted by molar-refractivity contribution is -0.131. The molecular formula is C16H25N3O2. The third kappa shape index (κ3) is 5.44. The van der Waals surface area contributed by atoms with Gasteiger partial charge in [0.1, 0.15) is 0 Å². The molecule has 0 N–H and O–H groups in total. The standard InChI is InChI=1S/C16H25N3O2/c1-18(2)11-15-12-19(9-10-21-13-15)16(20)4-3-14-5-7-17-8-6-14/h5-8,15H,3-4,9-13H2,1-2H3/t15-/m1/s1. The van der Waals surface area contributed by atoms with Crippen LogP contribution in [0, 0.1) is 5.92 Å². The molecule has 0 bridgehead atoms. The second-order valence-electron chi connectivity index (χ2n) is 5.90. The number of ether oxygens (including phenoxy) is 1. The Hall–Kier alpha value is -1.46. The fourth-order valence-electron chi connectivity index (χ4n) is 2.69. The van der Waals surface area contributed by atoms with E-state index in [9.17, 15) is 4.79 Å². The molecule has 0 unspecified atom stereocenters. The van der Waals surface area contributed by atoms with Gasteiger partial charge in [-0.1, -0.05) is 0 Å². The van der Waals surface area contributed by atoms with Gasteiger partial charge in [-0.05, 0) is 38.2 Å². The van der Waals surface area contributed by atoms with E-state index in [1.54, 1.807) is 12.4 Å². The number of carbonyl (C=O) groups is 1. The van der Waals surface area contributed by atoms with Crippen molar-refractivity contribution in [2.75, 3.05) is 46.9 Å². The van der Waals surface area contributed by atoms with Gasteiger partial charge in [0.15, 0.2) is 0 Å². The van der Waals surface area contributed by atoms with Crippen LogP contribution in [0.5, 0.6) is 0 Å². The van der Waals surface area contributed by atoms with Crippen molar-refractivity contribution in [3.05, 3.63) is 30.1 Å². The van der Waals surface area contributed by atoms with Gasteiger partial charge in [0.25, 0.3) is 0 Å². The van der Waals surface area contributed by atoms with Gasteiger partial charge in [-0.2, -0.15) is 0 Å². The van der Waals surface area contributed by atoms with E-state index in [4.69, 9.17) is 4.74 Å². The van der Waals surface area contributed by atoms with E-state index < -0.39 is 0 Å². The van der Waals surface area contributed by atoms with Crippen molar-refractivity contribution in [2.24, 2.45) is 5.92 Å². The first-order valence-corrected chi connectivity index (χ1v) is 7.54. The molecule has 1 saturated heterocycles.